The van der Waals surface area contributed by atoms with E-state index in [1.165, 1.54) is 11.1 Å². The number of ether oxygens (including phenoxy) is 2. The van der Waals surface area contributed by atoms with Crippen molar-refractivity contribution in [3.63, 3.8) is 0 Å². The number of aryl methyl sites for hydroxylation is 1. The molecule has 1 saturated heterocycles. The Labute approximate surface area is 78.5 Å². The van der Waals surface area contributed by atoms with Crippen LogP contribution in [0, 0.1) is 6.92 Å². The second kappa shape index (κ2) is 3.90. The maximum absolute atomic E-state index is 5.50. The normalized spacial score (nSPS) is 20.2. The second-order valence-electron chi connectivity index (χ2n) is 3.40. The van der Waals surface area contributed by atoms with Gasteiger partial charge in [-0.1, -0.05) is 24.3 Å². The molecule has 0 bridgehead atoms. The van der Waals surface area contributed by atoms with Crippen molar-refractivity contribution in [3.05, 3.63) is 35.4 Å². The molecule has 0 aromatic heterocycles. The van der Waals surface area contributed by atoms with Crippen LogP contribution < -0.4 is 0 Å². The first-order valence-corrected chi connectivity index (χ1v) is 4.60. The van der Waals surface area contributed by atoms with Crippen LogP contribution in [0.5, 0.6) is 0 Å². The zero-order valence-electron chi connectivity index (χ0n) is 7.82. The Bertz CT molecular complexity index is 279. The SMILES string of the molecule is Cc1ccccc1COCC1CO1. The van der Waals surface area contributed by atoms with Gasteiger partial charge in [-0.15, -0.1) is 0 Å². The topological polar surface area (TPSA) is 21.8 Å². The van der Waals surface area contributed by atoms with Crippen molar-refractivity contribution in [1.82, 2.24) is 0 Å². The van der Waals surface area contributed by atoms with Crippen molar-refractivity contribution < 1.29 is 9.47 Å². The van der Waals surface area contributed by atoms with Gasteiger partial charge in [0, 0.05) is 0 Å². The molecule has 0 saturated carbocycles. The third kappa shape index (κ3) is 2.54. The minimum Gasteiger partial charge on any atom is -0.374 e. The summed E-state index contributed by atoms with van der Waals surface area (Å²) in [7, 11) is 0. The van der Waals surface area contributed by atoms with E-state index in [9.17, 15) is 0 Å². The molecule has 13 heavy (non-hydrogen) atoms. The lowest BCUT2D eigenvalue weighted by molar-refractivity contribution is 0.104. The first-order chi connectivity index (χ1) is 6.36. The van der Waals surface area contributed by atoms with Gasteiger partial charge in [0.1, 0.15) is 6.10 Å². The molecule has 1 aromatic carbocycles. The van der Waals surface area contributed by atoms with Crippen molar-refractivity contribution in [3.8, 4) is 0 Å². The van der Waals surface area contributed by atoms with Gasteiger partial charge in [0.15, 0.2) is 0 Å². The summed E-state index contributed by atoms with van der Waals surface area (Å²) in [6, 6.07) is 8.29. The molecule has 1 heterocycles. The summed E-state index contributed by atoms with van der Waals surface area (Å²) in [4.78, 5) is 0. The summed E-state index contributed by atoms with van der Waals surface area (Å²) in [5.41, 5.74) is 2.56. The van der Waals surface area contributed by atoms with Gasteiger partial charge in [-0.25, -0.2) is 0 Å². The molecule has 1 aliphatic rings. The highest BCUT2D eigenvalue weighted by Gasteiger charge is 2.22. The number of hydrogen-bond acceptors (Lipinski definition) is 2. The quantitative estimate of drug-likeness (QED) is 0.657. The molecule has 0 amide bonds. The molecular formula is C11H14O2. The van der Waals surface area contributed by atoms with Gasteiger partial charge in [-0.2, -0.15) is 0 Å². The summed E-state index contributed by atoms with van der Waals surface area (Å²) < 4.78 is 10.6. The van der Waals surface area contributed by atoms with E-state index >= 15 is 0 Å². The molecular weight excluding hydrogens is 164 g/mol. The summed E-state index contributed by atoms with van der Waals surface area (Å²) in [5, 5.41) is 0. The molecule has 1 fully saturated rings. The van der Waals surface area contributed by atoms with Gasteiger partial charge in [0.25, 0.3) is 0 Å². The lowest BCUT2D eigenvalue weighted by Crippen LogP contribution is -2.02. The van der Waals surface area contributed by atoms with Crippen molar-refractivity contribution in [2.24, 2.45) is 0 Å². The van der Waals surface area contributed by atoms with Gasteiger partial charge in [-0.05, 0) is 18.1 Å². The molecule has 0 radical (unpaired) electrons. The summed E-state index contributed by atoms with van der Waals surface area (Å²) >= 11 is 0. The largest absolute Gasteiger partial charge is 0.374 e. The Morgan fingerprint density at radius 1 is 1.46 bits per heavy atom. The van der Waals surface area contributed by atoms with Crippen molar-refractivity contribution in [2.75, 3.05) is 13.2 Å². The second-order valence-corrected chi connectivity index (χ2v) is 3.40. The monoisotopic (exact) mass is 178 g/mol. The smallest absolute Gasteiger partial charge is 0.104 e. The van der Waals surface area contributed by atoms with E-state index in [1.807, 2.05) is 12.1 Å². The van der Waals surface area contributed by atoms with Crippen LogP contribution in [0.4, 0.5) is 0 Å². The Morgan fingerprint density at radius 3 is 2.92 bits per heavy atom. The summed E-state index contributed by atoms with van der Waals surface area (Å²) in [5.74, 6) is 0. The van der Waals surface area contributed by atoms with Crippen LogP contribution in [-0.4, -0.2) is 19.3 Å². The number of benzene rings is 1. The highest BCUT2D eigenvalue weighted by Crippen LogP contribution is 2.12. The van der Waals surface area contributed by atoms with E-state index in [-0.39, 0.29) is 0 Å². The van der Waals surface area contributed by atoms with E-state index in [0.717, 1.165) is 13.2 Å². The lowest BCUT2D eigenvalue weighted by Gasteiger charge is -2.05. The molecule has 0 spiro atoms. The maximum Gasteiger partial charge on any atom is 0.104 e. The lowest BCUT2D eigenvalue weighted by atomic mass is 10.1. The molecule has 2 heteroatoms. The zero-order valence-corrected chi connectivity index (χ0v) is 7.82. The first kappa shape index (κ1) is 8.73. The van der Waals surface area contributed by atoms with Gasteiger partial charge in [0.05, 0.1) is 19.8 Å². The molecule has 2 rings (SSSR count). The standard InChI is InChI=1S/C11H14O2/c1-9-4-2-3-5-10(9)6-12-7-11-8-13-11/h2-5,11H,6-8H2,1H3. The van der Waals surface area contributed by atoms with Gasteiger partial charge in [0.2, 0.25) is 0 Å². The Kier molecular flexibility index (Phi) is 2.62. The van der Waals surface area contributed by atoms with E-state index in [2.05, 4.69) is 19.1 Å². The fourth-order valence-electron chi connectivity index (χ4n) is 1.24. The third-order valence-corrected chi connectivity index (χ3v) is 2.22. The Hall–Kier alpha value is -0.860. The fraction of sp³-hybridized carbons (Fsp3) is 0.455. The van der Waals surface area contributed by atoms with Crippen LogP contribution in [0.15, 0.2) is 24.3 Å². The van der Waals surface area contributed by atoms with Gasteiger partial charge in [-0.3, -0.25) is 0 Å². The minimum atomic E-state index is 0.365. The van der Waals surface area contributed by atoms with Crippen LogP contribution in [0.3, 0.4) is 0 Å². The molecule has 1 aliphatic heterocycles. The molecule has 2 nitrogen and oxygen atoms in total. The highest BCUT2D eigenvalue weighted by atomic mass is 16.6. The van der Waals surface area contributed by atoms with Crippen molar-refractivity contribution in [2.45, 2.75) is 19.6 Å². The number of hydrogen-bond donors (Lipinski definition) is 0. The summed E-state index contributed by atoms with van der Waals surface area (Å²) in [6.45, 7) is 4.40. The fourth-order valence-corrected chi connectivity index (χ4v) is 1.24. The molecule has 70 valence electrons. The first-order valence-electron chi connectivity index (χ1n) is 4.60. The van der Waals surface area contributed by atoms with Crippen LogP contribution in [0.25, 0.3) is 0 Å². The average Bonchev–Trinajstić information content (AvgIpc) is 2.92. The average molecular weight is 178 g/mol. The molecule has 1 unspecified atom stereocenters. The van der Waals surface area contributed by atoms with E-state index in [1.54, 1.807) is 0 Å². The third-order valence-electron chi connectivity index (χ3n) is 2.22. The Balaban J connectivity index is 1.82. The zero-order chi connectivity index (χ0) is 9.10. The van der Waals surface area contributed by atoms with E-state index in [4.69, 9.17) is 9.47 Å². The predicted molar refractivity (Wildman–Crippen MR) is 50.6 cm³/mol. The summed E-state index contributed by atoms with van der Waals surface area (Å²) in [6.07, 6.45) is 0.365. The van der Waals surface area contributed by atoms with Crippen LogP contribution >= 0.6 is 0 Å². The van der Waals surface area contributed by atoms with Gasteiger partial charge >= 0.3 is 0 Å². The van der Waals surface area contributed by atoms with Gasteiger partial charge < -0.3 is 9.47 Å². The van der Waals surface area contributed by atoms with E-state index < -0.39 is 0 Å². The van der Waals surface area contributed by atoms with Crippen LogP contribution in [0.1, 0.15) is 11.1 Å². The predicted octanol–water partition coefficient (Wildman–Crippen LogP) is 1.91. The van der Waals surface area contributed by atoms with Crippen LogP contribution in [0.2, 0.25) is 0 Å². The Morgan fingerprint density at radius 2 is 2.23 bits per heavy atom. The molecule has 0 N–H and O–H groups in total. The number of epoxide rings is 1. The molecule has 1 atom stereocenters. The van der Waals surface area contributed by atoms with E-state index in [0.29, 0.717) is 12.7 Å². The van der Waals surface area contributed by atoms with Crippen LogP contribution in [-0.2, 0) is 16.1 Å². The minimum absolute atomic E-state index is 0.365. The molecule has 1 aromatic rings. The highest BCUT2D eigenvalue weighted by molar-refractivity contribution is 5.24. The number of rotatable bonds is 4. The van der Waals surface area contributed by atoms with Crippen molar-refractivity contribution >= 4 is 0 Å². The molecule has 0 aliphatic carbocycles. The van der Waals surface area contributed by atoms with Crippen molar-refractivity contribution in [1.29, 1.82) is 0 Å². The maximum atomic E-state index is 5.50.